The molecular formula is C19H26ClFN6O2. The molecule has 0 aromatic heterocycles. The maximum Gasteiger partial charge on any atom is 0.301 e. The van der Waals surface area contributed by atoms with Gasteiger partial charge in [0.1, 0.15) is 5.82 Å². The largest absolute Gasteiger partial charge is 0.330 e. The summed E-state index contributed by atoms with van der Waals surface area (Å²) < 4.78 is 14.0. The fourth-order valence-electron chi connectivity index (χ4n) is 3.97. The molecule has 6 N–H and O–H groups in total. The van der Waals surface area contributed by atoms with Gasteiger partial charge in [0, 0.05) is 10.6 Å². The first kappa shape index (κ1) is 21.5. The van der Waals surface area contributed by atoms with Crippen molar-refractivity contribution in [1.29, 1.82) is 0 Å². The van der Waals surface area contributed by atoms with Crippen LogP contribution in [0.5, 0.6) is 0 Å². The van der Waals surface area contributed by atoms with Crippen LogP contribution in [0.15, 0.2) is 35.1 Å². The van der Waals surface area contributed by atoms with E-state index in [1.165, 1.54) is 12.3 Å². The smallest absolute Gasteiger partial charge is 0.301 e. The van der Waals surface area contributed by atoms with E-state index in [9.17, 15) is 14.5 Å². The Balaban J connectivity index is 1.73. The highest BCUT2D eigenvalue weighted by molar-refractivity contribution is 6.30. The van der Waals surface area contributed by atoms with Gasteiger partial charge in [0.15, 0.2) is 11.6 Å². The van der Waals surface area contributed by atoms with Gasteiger partial charge in [0.2, 0.25) is 0 Å². The predicted molar refractivity (Wildman–Crippen MR) is 110 cm³/mol. The molecular weight excluding hydrogens is 399 g/mol. The number of hydrogen-bond donors (Lipinski definition) is 4. The third-order valence-electron chi connectivity index (χ3n) is 5.67. The number of nitro groups is 1. The molecule has 8 nitrogen and oxygen atoms in total. The lowest BCUT2D eigenvalue weighted by molar-refractivity contribution is -0.437. The van der Waals surface area contributed by atoms with Crippen LogP contribution >= 0.6 is 11.6 Å². The topological polar surface area (TPSA) is 132 Å². The molecule has 0 spiro atoms. The minimum absolute atomic E-state index is 0.0393. The Labute approximate surface area is 173 Å². The second kappa shape index (κ2) is 9.06. The van der Waals surface area contributed by atoms with Crippen LogP contribution in [-0.4, -0.2) is 23.1 Å². The second-order valence-electron chi connectivity index (χ2n) is 7.75. The van der Waals surface area contributed by atoms with Gasteiger partial charge in [-0.2, -0.15) is 0 Å². The molecule has 158 valence electrons. The Hall–Kier alpha value is -2.23. The fraction of sp³-hybridized carbons (Fsp3) is 0.526. The van der Waals surface area contributed by atoms with Crippen LogP contribution in [0.4, 0.5) is 4.39 Å². The van der Waals surface area contributed by atoms with Crippen LogP contribution in [0.2, 0.25) is 5.02 Å². The SMILES string of the molecule is NCC1CCC(CC2(N)NC(=NCc3ccc(Cl)cc3F)NC=C2[N+](=O)[O-])CC1. The maximum atomic E-state index is 14.0. The first-order valence-electron chi connectivity index (χ1n) is 9.68. The Bertz CT molecular complexity index is 825. The number of nitrogens with two attached hydrogens (primary N) is 2. The van der Waals surface area contributed by atoms with Crippen LogP contribution in [0.1, 0.15) is 37.7 Å². The van der Waals surface area contributed by atoms with Crippen LogP contribution in [-0.2, 0) is 6.54 Å². The minimum Gasteiger partial charge on any atom is -0.330 e. The molecule has 1 saturated carbocycles. The van der Waals surface area contributed by atoms with Crippen molar-refractivity contribution in [3.05, 3.63) is 56.6 Å². The monoisotopic (exact) mass is 424 g/mol. The normalized spacial score (nSPS) is 28.4. The Morgan fingerprint density at radius 3 is 2.62 bits per heavy atom. The Morgan fingerprint density at radius 1 is 1.31 bits per heavy atom. The fourth-order valence-corrected chi connectivity index (χ4v) is 4.13. The molecule has 1 aromatic rings. The second-order valence-corrected chi connectivity index (χ2v) is 8.19. The summed E-state index contributed by atoms with van der Waals surface area (Å²) in [5.74, 6) is 0.572. The molecule has 0 amide bonds. The molecule has 10 heteroatoms. The van der Waals surface area contributed by atoms with Crippen molar-refractivity contribution < 1.29 is 9.31 Å². The summed E-state index contributed by atoms with van der Waals surface area (Å²) >= 11 is 5.76. The summed E-state index contributed by atoms with van der Waals surface area (Å²) in [7, 11) is 0. The van der Waals surface area contributed by atoms with E-state index in [2.05, 4.69) is 15.6 Å². The van der Waals surface area contributed by atoms with Gasteiger partial charge in [-0.25, -0.2) is 9.38 Å². The Morgan fingerprint density at radius 2 is 2.00 bits per heavy atom. The minimum atomic E-state index is -1.35. The van der Waals surface area contributed by atoms with E-state index in [4.69, 9.17) is 23.1 Å². The summed E-state index contributed by atoms with van der Waals surface area (Å²) in [6, 6.07) is 4.35. The van der Waals surface area contributed by atoms with E-state index in [-0.39, 0.29) is 24.1 Å². The third-order valence-corrected chi connectivity index (χ3v) is 5.91. The number of nitrogens with one attached hydrogen (secondary N) is 2. The molecule has 1 heterocycles. The summed E-state index contributed by atoms with van der Waals surface area (Å²) in [4.78, 5) is 15.3. The standard InChI is InChI=1S/C19H26ClFN6O2/c20-15-6-5-14(16(21)7-15)10-24-18-25-11-17(27(28)29)19(23,26-18)8-12-1-3-13(9-22)4-2-12/h5-7,11-13H,1-4,8-10,22-23H2,(H2,24,25,26). The van der Waals surface area contributed by atoms with E-state index in [0.717, 1.165) is 25.7 Å². The summed E-state index contributed by atoms with van der Waals surface area (Å²) in [6.07, 6.45) is 5.55. The molecule has 1 aromatic carbocycles. The molecule has 0 radical (unpaired) electrons. The van der Waals surface area contributed by atoms with Gasteiger partial charge in [0.25, 0.3) is 0 Å². The molecule has 2 aliphatic rings. The molecule has 3 rings (SSSR count). The van der Waals surface area contributed by atoms with Crippen molar-refractivity contribution in [2.75, 3.05) is 6.54 Å². The van der Waals surface area contributed by atoms with Crippen LogP contribution in [0.3, 0.4) is 0 Å². The summed E-state index contributed by atoms with van der Waals surface area (Å²) in [5.41, 5.74) is 11.1. The lowest BCUT2D eigenvalue weighted by Gasteiger charge is -2.37. The lowest BCUT2D eigenvalue weighted by atomic mass is 9.77. The molecule has 0 saturated heterocycles. The number of guanidine groups is 1. The molecule has 29 heavy (non-hydrogen) atoms. The van der Waals surface area contributed by atoms with Gasteiger partial charge >= 0.3 is 5.70 Å². The van der Waals surface area contributed by atoms with Crippen molar-refractivity contribution in [1.82, 2.24) is 10.6 Å². The van der Waals surface area contributed by atoms with Gasteiger partial charge in [-0.15, -0.1) is 0 Å². The van der Waals surface area contributed by atoms with Crippen molar-refractivity contribution in [3.8, 4) is 0 Å². The lowest BCUT2D eigenvalue weighted by Crippen LogP contribution is -2.64. The Kier molecular flexibility index (Phi) is 6.71. The third kappa shape index (κ3) is 5.23. The summed E-state index contributed by atoms with van der Waals surface area (Å²) in [6.45, 7) is 0.707. The molecule has 1 fully saturated rings. The average Bonchev–Trinajstić information content (AvgIpc) is 2.67. The van der Waals surface area contributed by atoms with Crippen molar-refractivity contribution in [3.63, 3.8) is 0 Å². The number of hydrogen-bond acceptors (Lipinski definition) is 5. The number of halogens is 2. The highest BCUT2D eigenvalue weighted by atomic mass is 35.5. The van der Waals surface area contributed by atoms with Crippen molar-refractivity contribution >= 4 is 17.6 Å². The zero-order chi connectivity index (χ0) is 21.0. The van der Waals surface area contributed by atoms with Gasteiger partial charge in [-0.3, -0.25) is 15.8 Å². The van der Waals surface area contributed by atoms with Crippen molar-refractivity contribution in [2.24, 2.45) is 28.3 Å². The van der Waals surface area contributed by atoms with E-state index >= 15 is 0 Å². The van der Waals surface area contributed by atoms with Gasteiger partial charge in [0.05, 0.1) is 17.7 Å². The molecule has 0 bridgehead atoms. The predicted octanol–water partition coefficient (Wildman–Crippen LogP) is 2.46. The van der Waals surface area contributed by atoms with E-state index in [0.29, 0.717) is 29.5 Å². The molecule has 1 atom stereocenters. The molecule has 1 aliphatic heterocycles. The molecule has 1 aliphatic carbocycles. The molecule has 1 unspecified atom stereocenters. The first-order chi connectivity index (χ1) is 13.8. The van der Waals surface area contributed by atoms with Crippen LogP contribution in [0, 0.1) is 27.8 Å². The van der Waals surface area contributed by atoms with E-state index in [1.54, 1.807) is 12.1 Å². The van der Waals surface area contributed by atoms with Crippen LogP contribution < -0.4 is 22.1 Å². The zero-order valence-corrected chi connectivity index (χ0v) is 16.8. The summed E-state index contributed by atoms with van der Waals surface area (Å²) in [5, 5.41) is 17.6. The highest BCUT2D eigenvalue weighted by Crippen LogP contribution is 2.34. The van der Waals surface area contributed by atoms with Crippen molar-refractivity contribution in [2.45, 2.75) is 44.3 Å². The van der Waals surface area contributed by atoms with Gasteiger partial charge in [-0.1, -0.05) is 17.7 Å². The van der Waals surface area contributed by atoms with E-state index < -0.39 is 16.4 Å². The number of nitrogens with zero attached hydrogens (tertiary/aromatic N) is 2. The van der Waals surface area contributed by atoms with E-state index in [1.807, 2.05) is 0 Å². The van der Waals surface area contributed by atoms with Crippen LogP contribution in [0.25, 0.3) is 0 Å². The first-order valence-corrected chi connectivity index (χ1v) is 10.1. The quantitative estimate of drug-likeness (QED) is 0.409. The van der Waals surface area contributed by atoms with Gasteiger partial charge in [-0.05, 0) is 62.6 Å². The average molecular weight is 425 g/mol. The maximum absolute atomic E-state index is 14.0. The number of benzene rings is 1. The highest BCUT2D eigenvalue weighted by Gasteiger charge is 2.44. The zero-order valence-electron chi connectivity index (χ0n) is 16.0. The number of aliphatic imine (C=N–C) groups is 1. The number of rotatable bonds is 6. The van der Waals surface area contributed by atoms with Gasteiger partial charge < -0.3 is 16.4 Å².